The van der Waals surface area contributed by atoms with Crippen LogP contribution in [-0.4, -0.2) is 60.5 Å². The molecule has 0 spiro atoms. The maximum atomic E-state index is 12.5. The van der Waals surface area contributed by atoms with Crippen molar-refractivity contribution in [2.24, 2.45) is 11.8 Å². The molecule has 3 rings (SSSR count). The summed E-state index contributed by atoms with van der Waals surface area (Å²) in [4.78, 5) is 62.2. The number of likely N-dealkylation sites (tertiary alicyclic amines) is 1. The van der Waals surface area contributed by atoms with Crippen molar-refractivity contribution in [2.75, 3.05) is 19.8 Å². The number of ether oxygens (including phenoxy) is 2. The molecule has 164 valence electrons. The highest BCUT2D eigenvalue weighted by Gasteiger charge is 2.47. The number of hydrogen-bond acceptors (Lipinski definition) is 7. The summed E-state index contributed by atoms with van der Waals surface area (Å²) in [7, 11) is 0. The fourth-order valence-corrected chi connectivity index (χ4v) is 4.27. The first-order valence-electron chi connectivity index (χ1n) is 10.3. The number of fused-ring (bicyclic) bond motifs is 1. The molecule has 1 saturated heterocycles. The molecule has 1 saturated carbocycles. The van der Waals surface area contributed by atoms with E-state index < -0.39 is 24.0 Å². The van der Waals surface area contributed by atoms with Gasteiger partial charge in [0.15, 0.2) is 0 Å². The van der Waals surface area contributed by atoms with Gasteiger partial charge in [-0.25, -0.2) is 9.59 Å². The lowest BCUT2D eigenvalue weighted by molar-refractivity contribution is -0.146. The normalized spacial score (nSPS) is 26.1. The first kappa shape index (κ1) is 21.8. The molecule has 10 nitrogen and oxygen atoms in total. The minimum absolute atomic E-state index is 0.0302. The van der Waals surface area contributed by atoms with E-state index in [0.29, 0.717) is 12.8 Å². The van der Waals surface area contributed by atoms with Crippen LogP contribution >= 0.6 is 0 Å². The summed E-state index contributed by atoms with van der Waals surface area (Å²) >= 11 is 0. The van der Waals surface area contributed by atoms with E-state index >= 15 is 0 Å². The van der Waals surface area contributed by atoms with Crippen molar-refractivity contribution in [3.8, 4) is 0 Å². The number of rotatable bonds is 7. The SMILES string of the molecule is CCOC(=O)C1=C(COC(=O)CCN2C(=O)[C@H]3CCCC[C@H]3C2=O)NC(=O)N[C@H]1C. The number of carbonyl (C=O) groups excluding carboxylic acids is 5. The van der Waals surface area contributed by atoms with E-state index in [0.717, 1.165) is 12.8 Å². The van der Waals surface area contributed by atoms with Crippen LogP contribution in [0.4, 0.5) is 4.79 Å². The molecule has 4 amide bonds. The van der Waals surface area contributed by atoms with Crippen LogP contribution in [0.2, 0.25) is 0 Å². The maximum Gasteiger partial charge on any atom is 0.338 e. The van der Waals surface area contributed by atoms with Crippen molar-refractivity contribution in [1.29, 1.82) is 0 Å². The molecule has 0 aromatic rings. The number of imide groups is 1. The van der Waals surface area contributed by atoms with Gasteiger partial charge in [0.2, 0.25) is 11.8 Å². The van der Waals surface area contributed by atoms with Crippen LogP contribution in [0.5, 0.6) is 0 Å². The third kappa shape index (κ3) is 4.47. The van der Waals surface area contributed by atoms with Gasteiger partial charge in [0.25, 0.3) is 0 Å². The average Bonchev–Trinajstić information content (AvgIpc) is 2.95. The Morgan fingerprint density at radius 2 is 1.70 bits per heavy atom. The van der Waals surface area contributed by atoms with E-state index in [1.54, 1.807) is 13.8 Å². The van der Waals surface area contributed by atoms with Crippen LogP contribution in [0.1, 0.15) is 46.0 Å². The van der Waals surface area contributed by atoms with E-state index in [-0.39, 0.29) is 61.1 Å². The van der Waals surface area contributed by atoms with Crippen molar-refractivity contribution < 1.29 is 33.4 Å². The van der Waals surface area contributed by atoms with Gasteiger partial charge >= 0.3 is 18.0 Å². The van der Waals surface area contributed by atoms with Crippen LogP contribution in [0, 0.1) is 11.8 Å². The van der Waals surface area contributed by atoms with Gasteiger partial charge in [0.05, 0.1) is 42.2 Å². The number of nitrogens with zero attached hydrogens (tertiary/aromatic N) is 1. The number of esters is 2. The van der Waals surface area contributed by atoms with Crippen LogP contribution < -0.4 is 10.6 Å². The molecule has 2 fully saturated rings. The number of carbonyl (C=O) groups is 5. The second kappa shape index (κ2) is 9.27. The monoisotopic (exact) mass is 421 g/mol. The zero-order valence-electron chi connectivity index (χ0n) is 17.2. The Hall–Kier alpha value is -2.91. The van der Waals surface area contributed by atoms with Gasteiger partial charge in [-0.2, -0.15) is 0 Å². The lowest BCUT2D eigenvalue weighted by atomic mass is 9.81. The minimum atomic E-state index is -0.637. The van der Waals surface area contributed by atoms with E-state index in [1.165, 1.54) is 4.90 Å². The van der Waals surface area contributed by atoms with Gasteiger partial charge in [0.1, 0.15) is 6.61 Å². The smallest absolute Gasteiger partial charge is 0.338 e. The van der Waals surface area contributed by atoms with Crippen molar-refractivity contribution in [3.05, 3.63) is 11.3 Å². The molecule has 0 aromatic heterocycles. The highest BCUT2D eigenvalue weighted by molar-refractivity contribution is 6.05. The zero-order chi connectivity index (χ0) is 21.8. The first-order chi connectivity index (χ1) is 14.3. The number of hydrogen-bond donors (Lipinski definition) is 2. The second-order valence-electron chi connectivity index (χ2n) is 7.67. The van der Waals surface area contributed by atoms with E-state index in [1.807, 2.05) is 0 Å². The molecular formula is C20H27N3O7. The Morgan fingerprint density at radius 3 is 2.30 bits per heavy atom. The quantitative estimate of drug-likeness (QED) is 0.455. The average molecular weight is 421 g/mol. The minimum Gasteiger partial charge on any atom is -0.463 e. The van der Waals surface area contributed by atoms with E-state index in [4.69, 9.17) is 9.47 Å². The molecular weight excluding hydrogens is 394 g/mol. The summed E-state index contributed by atoms with van der Waals surface area (Å²) in [5.74, 6) is -2.17. The third-order valence-corrected chi connectivity index (χ3v) is 5.71. The number of nitrogens with one attached hydrogen (secondary N) is 2. The van der Waals surface area contributed by atoms with Gasteiger partial charge in [-0.15, -0.1) is 0 Å². The second-order valence-corrected chi connectivity index (χ2v) is 7.67. The topological polar surface area (TPSA) is 131 Å². The van der Waals surface area contributed by atoms with Crippen molar-refractivity contribution in [2.45, 2.75) is 52.0 Å². The lowest BCUT2D eigenvalue weighted by Crippen LogP contribution is -2.50. The van der Waals surface area contributed by atoms with Crippen molar-refractivity contribution >= 4 is 29.8 Å². The number of amides is 4. The van der Waals surface area contributed by atoms with Gasteiger partial charge in [-0.3, -0.25) is 19.3 Å². The molecule has 3 aliphatic rings. The summed E-state index contributed by atoms with van der Waals surface area (Å²) < 4.78 is 10.2. The van der Waals surface area contributed by atoms with Crippen LogP contribution in [0.25, 0.3) is 0 Å². The summed E-state index contributed by atoms with van der Waals surface area (Å²) in [5, 5.41) is 5.02. The Bertz CT molecular complexity index is 767. The summed E-state index contributed by atoms with van der Waals surface area (Å²) in [5.41, 5.74) is 0.329. The highest BCUT2D eigenvalue weighted by Crippen LogP contribution is 2.37. The first-order valence-corrected chi connectivity index (χ1v) is 10.3. The largest absolute Gasteiger partial charge is 0.463 e. The standard InChI is InChI=1S/C20H27N3O7/c1-3-29-19(27)16-11(2)21-20(28)22-14(16)10-30-15(24)8-9-23-17(25)12-6-4-5-7-13(12)18(23)26/h11-13H,3-10H2,1-2H3,(H2,21,22,28)/t11-,12-,13+/m0/s1. The van der Waals surface area contributed by atoms with Crippen molar-refractivity contribution in [3.63, 3.8) is 0 Å². The molecule has 3 atom stereocenters. The fraction of sp³-hybridized carbons (Fsp3) is 0.650. The fourth-order valence-electron chi connectivity index (χ4n) is 4.27. The van der Waals surface area contributed by atoms with Crippen LogP contribution in [0.15, 0.2) is 11.3 Å². The lowest BCUT2D eigenvalue weighted by Gasteiger charge is -2.26. The summed E-state index contributed by atoms with van der Waals surface area (Å²) in [6.07, 6.45) is 3.15. The van der Waals surface area contributed by atoms with E-state index in [9.17, 15) is 24.0 Å². The predicted octanol–water partition coefficient (Wildman–Crippen LogP) is 0.613. The van der Waals surface area contributed by atoms with Crippen LogP contribution in [0.3, 0.4) is 0 Å². The molecule has 2 N–H and O–H groups in total. The molecule has 10 heteroatoms. The molecule has 2 heterocycles. The zero-order valence-corrected chi connectivity index (χ0v) is 17.2. The highest BCUT2D eigenvalue weighted by atomic mass is 16.5. The van der Waals surface area contributed by atoms with Crippen molar-refractivity contribution in [1.82, 2.24) is 15.5 Å². The Labute approximate surface area is 174 Å². The Balaban J connectivity index is 1.57. The van der Waals surface area contributed by atoms with E-state index in [2.05, 4.69) is 10.6 Å². The van der Waals surface area contributed by atoms with Gasteiger partial charge in [-0.1, -0.05) is 12.8 Å². The molecule has 1 aliphatic carbocycles. The molecule has 0 unspecified atom stereocenters. The Kier molecular flexibility index (Phi) is 6.73. The summed E-state index contributed by atoms with van der Waals surface area (Å²) in [6.45, 7) is 3.09. The third-order valence-electron chi connectivity index (χ3n) is 5.71. The molecule has 0 radical (unpaired) electrons. The van der Waals surface area contributed by atoms with Gasteiger partial charge in [-0.05, 0) is 26.7 Å². The molecule has 2 aliphatic heterocycles. The number of urea groups is 1. The molecule has 0 bridgehead atoms. The van der Waals surface area contributed by atoms with Gasteiger partial charge < -0.3 is 20.1 Å². The molecule has 30 heavy (non-hydrogen) atoms. The van der Waals surface area contributed by atoms with Gasteiger partial charge in [0, 0.05) is 6.54 Å². The predicted molar refractivity (Wildman–Crippen MR) is 103 cm³/mol. The Morgan fingerprint density at radius 1 is 1.07 bits per heavy atom. The summed E-state index contributed by atoms with van der Waals surface area (Å²) in [6, 6.07) is -1.12. The van der Waals surface area contributed by atoms with Crippen LogP contribution in [-0.2, 0) is 28.7 Å². The molecule has 0 aromatic carbocycles. The maximum absolute atomic E-state index is 12.5.